The molecule has 2 heterocycles. The molecule has 6 nitrogen and oxygen atoms in total. The Kier molecular flexibility index (Phi) is 5.65. The lowest BCUT2D eigenvalue weighted by Crippen LogP contribution is -2.37. The van der Waals surface area contributed by atoms with Gasteiger partial charge in [0, 0.05) is 25.3 Å². The Bertz CT molecular complexity index is 825. The average Bonchev–Trinajstić information content (AvgIpc) is 3.28. The number of benzene rings is 1. The van der Waals surface area contributed by atoms with Crippen LogP contribution in [0.1, 0.15) is 48.7 Å². The molecule has 2 atom stereocenters. The van der Waals surface area contributed by atoms with Crippen molar-refractivity contribution in [1.29, 1.82) is 0 Å². The van der Waals surface area contributed by atoms with E-state index in [4.69, 9.17) is 14.3 Å². The Hall–Kier alpha value is -2.60. The van der Waals surface area contributed by atoms with Crippen LogP contribution in [0, 0.1) is 0 Å². The van der Waals surface area contributed by atoms with Gasteiger partial charge >= 0.3 is 5.97 Å². The number of nitrogens with zero attached hydrogens (tertiary/aromatic N) is 1. The molecule has 0 aliphatic carbocycles. The normalized spacial score (nSPS) is 19.6. The molecule has 27 heavy (non-hydrogen) atoms. The minimum Gasteiger partial charge on any atom is -0.481 e. The Morgan fingerprint density at radius 2 is 2.07 bits per heavy atom. The molecular weight excluding hydrogens is 346 g/mol. The van der Waals surface area contributed by atoms with Crippen molar-refractivity contribution in [3.8, 4) is 11.3 Å². The zero-order chi connectivity index (χ0) is 19.6. The van der Waals surface area contributed by atoms with Gasteiger partial charge in [0.05, 0.1) is 12.5 Å². The maximum Gasteiger partial charge on any atom is 0.305 e. The first kappa shape index (κ1) is 19.2. The zero-order valence-electron chi connectivity index (χ0n) is 15.8. The number of amides is 1. The van der Waals surface area contributed by atoms with Crippen LogP contribution in [0.3, 0.4) is 0 Å². The monoisotopic (exact) mass is 371 g/mol. The van der Waals surface area contributed by atoms with Crippen LogP contribution in [-0.2, 0) is 9.53 Å². The number of rotatable bonds is 6. The summed E-state index contributed by atoms with van der Waals surface area (Å²) in [6.07, 6.45) is 0.254. The number of carboxylic acids is 1. The summed E-state index contributed by atoms with van der Waals surface area (Å²) in [5.41, 5.74) is 2.11. The van der Waals surface area contributed by atoms with E-state index in [2.05, 4.69) is 26.0 Å². The lowest BCUT2D eigenvalue weighted by Gasteiger charge is -2.21. The van der Waals surface area contributed by atoms with Crippen molar-refractivity contribution in [3.05, 3.63) is 47.7 Å². The fourth-order valence-electron chi connectivity index (χ4n) is 3.49. The molecule has 1 fully saturated rings. The number of furan rings is 1. The number of carbonyl (C=O) groups is 2. The summed E-state index contributed by atoms with van der Waals surface area (Å²) < 4.78 is 11.2. The van der Waals surface area contributed by atoms with E-state index in [-0.39, 0.29) is 24.2 Å². The van der Waals surface area contributed by atoms with Crippen LogP contribution in [0.5, 0.6) is 0 Å². The summed E-state index contributed by atoms with van der Waals surface area (Å²) in [4.78, 5) is 25.6. The van der Waals surface area contributed by atoms with Crippen LogP contribution >= 0.6 is 0 Å². The Balaban J connectivity index is 1.82. The second-order valence-corrected chi connectivity index (χ2v) is 7.25. The standard InChI is InChI=1S/C21H25NO5/c1-13(2)14-5-4-6-15(9-14)18-7-8-19(27-18)21(25)22-12-17(26-3)10-16(22)11-20(23)24/h4-9,13,16-17H,10-12H2,1-3H3,(H,23,24). The number of likely N-dealkylation sites (tertiary alicyclic amines) is 1. The molecule has 0 saturated carbocycles. The van der Waals surface area contributed by atoms with Crippen LogP contribution in [0.15, 0.2) is 40.8 Å². The van der Waals surface area contributed by atoms with Gasteiger partial charge in [-0.1, -0.05) is 32.0 Å². The van der Waals surface area contributed by atoms with E-state index >= 15 is 0 Å². The van der Waals surface area contributed by atoms with Crippen molar-refractivity contribution in [3.63, 3.8) is 0 Å². The number of carboxylic acid groups (broad SMARTS) is 1. The third kappa shape index (κ3) is 4.22. The first-order valence-corrected chi connectivity index (χ1v) is 9.14. The van der Waals surface area contributed by atoms with Gasteiger partial charge < -0.3 is 19.2 Å². The summed E-state index contributed by atoms with van der Waals surface area (Å²) in [6, 6.07) is 11.1. The Morgan fingerprint density at radius 1 is 1.30 bits per heavy atom. The number of aliphatic carboxylic acids is 1. The molecule has 1 aliphatic heterocycles. The van der Waals surface area contributed by atoms with Gasteiger partial charge in [-0.05, 0) is 36.1 Å². The number of carbonyl (C=O) groups excluding carboxylic acids is 1. The molecule has 1 aromatic carbocycles. The summed E-state index contributed by atoms with van der Waals surface area (Å²) in [6.45, 7) is 4.61. The average molecular weight is 371 g/mol. The largest absolute Gasteiger partial charge is 0.481 e. The second-order valence-electron chi connectivity index (χ2n) is 7.25. The highest BCUT2D eigenvalue weighted by atomic mass is 16.5. The van der Waals surface area contributed by atoms with Gasteiger partial charge in [-0.25, -0.2) is 0 Å². The molecule has 0 radical (unpaired) electrons. The predicted molar refractivity (Wildman–Crippen MR) is 101 cm³/mol. The minimum atomic E-state index is -0.930. The first-order chi connectivity index (χ1) is 12.9. The maximum atomic E-state index is 12.9. The van der Waals surface area contributed by atoms with Crippen molar-refractivity contribution in [1.82, 2.24) is 4.90 Å². The molecule has 2 unspecified atom stereocenters. The van der Waals surface area contributed by atoms with Gasteiger partial charge in [0.25, 0.3) is 5.91 Å². The van der Waals surface area contributed by atoms with Crippen LogP contribution in [-0.4, -0.2) is 47.7 Å². The van der Waals surface area contributed by atoms with Crippen LogP contribution in [0.4, 0.5) is 0 Å². The van der Waals surface area contributed by atoms with Gasteiger partial charge in [-0.3, -0.25) is 9.59 Å². The number of ether oxygens (including phenoxy) is 1. The van der Waals surface area contributed by atoms with Gasteiger partial charge in [0.2, 0.25) is 0 Å². The summed E-state index contributed by atoms with van der Waals surface area (Å²) in [5.74, 6) is 0.00540. The van der Waals surface area contributed by atoms with Crippen molar-refractivity contribution in [2.45, 2.75) is 44.8 Å². The summed E-state index contributed by atoms with van der Waals surface area (Å²) in [7, 11) is 1.57. The highest BCUT2D eigenvalue weighted by Crippen LogP contribution is 2.29. The van der Waals surface area contributed by atoms with Crippen molar-refractivity contribution < 1.29 is 23.8 Å². The van der Waals surface area contributed by atoms with Crippen LogP contribution < -0.4 is 0 Å². The molecule has 1 aromatic heterocycles. The zero-order valence-corrected chi connectivity index (χ0v) is 15.8. The maximum absolute atomic E-state index is 12.9. The molecule has 1 saturated heterocycles. The molecule has 2 aromatic rings. The van der Waals surface area contributed by atoms with E-state index in [9.17, 15) is 9.59 Å². The predicted octanol–water partition coefficient (Wildman–Crippen LogP) is 3.77. The fraction of sp³-hybridized carbons (Fsp3) is 0.429. The van der Waals surface area contributed by atoms with E-state index in [1.54, 1.807) is 24.1 Å². The van der Waals surface area contributed by atoms with Gasteiger partial charge in [0.1, 0.15) is 5.76 Å². The van der Waals surface area contributed by atoms with E-state index in [0.29, 0.717) is 24.6 Å². The lowest BCUT2D eigenvalue weighted by molar-refractivity contribution is -0.138. The lowest BCUT2D eigenvalue weighted by atomic mass is 10.0. The number of hydrogen-bond donors (Lipinski definition) is 1. The smallest absolute Gasteiger partial charge is 0.305 e. The number of methoxy groups -OCH3 is 1. The van der Waals surface area contributed by atoms with Crippen molar-refractivity contribution >= 4 is 11.9 Å². The molecule has 3 rings (SSSR count). The van der Waals surface area contributed by atoms with Gasteiger partial charge in [0.15, 0.2) is 5.76 Å². The fourth-order valence-corrected chi connectivity index (χ4v) is 3.49. The quantitative estimate of drug-likeness (QED) is 0.836. The highest BCUT2D eigenvalue weighted by molar-refractivity contribution is 5.93. The highest BCUT2D eigenvalue weighted by Gasteiger charge is 2.38. The topological polar surface area (TPSA) is 80.0 Å². The molecule has 1 aliphatic rings. The molecular formula is C21H25NO5. The SMILES string of the molecule is COC1CC(CC(=O)O)N(C(=O)c2ccc(-c3cccc(C(C)C)c3)o2)C1. The van der Waals surface area contributed by atoms with Crippen molar-refractivity contribution in [2.24, 2.45) is 0 Å². The molecule has 1 amide bonds. The Labute approximate surface area is 158 Å². The minimum absolute atomic E-state index is 0.102. The summed E-state index contributed by atoms with van der Waals surface area (Å²) in [5, 5.41) is 9.12. The van der Waals surface area contributed by atoms with E-state index in [1.807, 2.05) is 12.1 Å². The van der Waals surface area contributed by atoms with E-state index in [1.165, 1.54) is 5.56 Å². The molecule has 0 spiro atoms. The molecule has 1 N–H and O–H groups in total. The number of hydrogen-bond acceptors (Lipinski definition) is 4. The van der Waals surface area contributed by atoms with E-state index in [0.717, 1.165) is 5.56 Å². The van der Waals surface area contributed by atoms with Crippen molar-refractivity contribution in [2.75, 3.05) is 13.7 Å². The van der Waals surface area contributed by atoms with Gasteiger partial charge in [-0.15, -0.1) is 0 Å². The molecule has 144 valence electrons. The Morgan fingerprint density at radius 3 is 2.74 bits per heavy atom. The van der Waals surface area contributed by atoms with Crippen LogP contribution in [0.2, 0.25) is 0 Å². The third-order valence-electron chi connectivity index (χ3n) is 5.04. The van der Waals surface area contributed by atoms with E-state index < -0.39 is 12.0 Å². The first-order valence-electron chi connectivity index (χ1n) is 9.14. The van der Waals surface area contributed by atoms with Crippen LogP contribution in [0.25, 0.3) is 11.3 Å². The molecule has 6 heteroatoms. The van der Waals surface area contributed by atoms with Gasteiger partial charge in [-0.2, -0.15) is 0 Å². The summed E-state index contributed by atoms with van der Waals surface area (Å²) >= 11 is 0. The third-order valence-corrected chi connectivity index (χ3v) is 5.04. The molecule has 0 bridgehead atoms. The second kappa shape index (κ2) is 7.96.